The summed E-state index contributed by atoms with van der Waals surface area (Å²) >= 11 is 1.52. The summed E-state index contributed by atoms with van der Waals surface area (Å²) in [7, 11) is 0. The van der Waals surface area contributed by atoms with Gasteiger partial charge in [0, 0.05) is 36.7 Å². The molecule has 1 amide bonds. The van der Waals surface area contributed by atoms with Crippen LogP contribution >= 0.6 is 11.3 Å². The van der Waals surface area contributed by atoms with Crippen LogP contribution in [-0.4, -0.2) is 45.4 Å². The van der Waals surface area contributed by atoms with Crippen LogP contribution in [0, 0.1) is 6.92 Å². The van der Waals surface area contributed by atoms with Crippen molar-refractivity contribution < 1.29 is 4.79 Å². The van der Waals surface area contributed by atoms with Gasteiger partial charge in [0.05, 0.1) is 12.2 Å². The van der Waals surface area contributed by atoms with Gasteiger partial charge in [-0.2, -0.15) is 0 Å². The van der Waals surface area contributed by atoms with Crippen LogP contribution in [-0.2, 0) is 4.79 Å². The first-order chi connectivity index (χ1) is 10.1. The van der Waals surface area contributed by atoms with Crippen LogP contribution in [0.4, 0.5) is 10.9 Å². The molecule has 1 aliphatic heterocycles. The Kier molecular flexibility index (Phi) is 3.80. The third kappa shape index (κ3) is 3.34. The second kappa shape index (κ2) is 5.74. The van der Waals surface area contributed by atoms with Crippen LogP contribution < -0.4 is 11.1 Å². The molecule has 0 spiro atoms. The van der Waals surface area contributed by atoms with Gasteiger partial charge in [-0.25, -0.2) is 15.0 Å². The molecule has 0 saturated carbocycles. The smallest absolute Gasteiger partial charge is 0.231 e. The number of hydrogen-bond acceptors (Lipinski definition) is 7. The number of likely N-dealkylation sites (tertiary alicyclic amines) is 1. The summed E-state index contributed by atoms with van der Waals surface area (Å²) in [5.74, 6) is 1.50. The van der Waals surface area contributed by atoms with Crippen molar-refractivity contribution in [2.24, 2.45) is 5.73 Å². The lowest BCUT2D eigenvalue weighted by molar-refractivity contribution is -0.120. The first kappa shape index (κ1) is 13.9. The standard InChI is InChI=1S/C13H16N6OS/c1-8-16-10(9-5-19(6-9)7-11(14)20)4-12(17-8)18-13-15-2-3-21-13/h2-4,9H,5-7H2,1H3,(H2,14,20)(H,15,16,17,18). The molecule has 8 heteroatoms. The minimum absolute atomic E-state index is 0.293. The molecule has 21 heavy (non-hydrogen) atoms. The predicted octanol–water partition coefficient (Wildman–Crippen LogP) is 0.870. The first-order valence-electron chi connectivity index (χ1n) is 6.63. The topological polar surface area (TPSA) is 97.0 Å². The van der Waals surface area contributed by atoms with E-state index >= 15 is 0 Å². The van der Waals surface area contributed by atoms with E-state index in [0.717, 1.165) is 35.6 Å². The van der Waals surface area contributed by atoms with Gasteiger partial charge >= 0.3 is 0 Å². The fourth-order valence-electron chi connectivity index (χ4n) is 2.37. The summed E-state index contributed by atoms with van der Waals surface area (Å²) in [6, 6.07) is 1.95. The lowest BCUT2D eigenvalue weighted by atomic mass is 9.96. The van der Waals surface area contributed by atoms with E-state index in [-0.39, 0.29) is 5.91 Å². The summed E-state index contributed by atoms with van der Waals surface area (Å²) in [5, 5.41) is 5.90. The van der Waals surface area contributed by atoms with Crippen LogP contribution in [0.1, 0.15) is 17.4 Å². The minimum atomic E-state index is -0.293. The Morgan fingerprint density at radius 2 is 2.33 bits per heavy atom. The highest BCUT2D eigenvalue weighted by Gasteiger charge is 2.30. The van der Waals surface area contributed by atoms with Gasteiger partial charge in [-0.15, -0.1) is 11.3 Å². The fourth-order valence-corrected chi connectivity index (χ4v) is 2.90. The van der Waals surface area contributed by atoms with Crippen molar-refractivity contribution in [3.8, 4) is 0 Å². The Bertz CT molecular complexity index is 638. The van der Waals surface area contributed by atoms with Gasteiger partial charge in [-0.05, 0) is 6.92 Å². The Balaban J connectivity index is 1.69. The number of carbonyl (C=O) groups is 1. The molecule has 1 aliphatic rings. The number of aromatic nitrogens is 3. The van der Waals surface area contributed by atoms with Crippen molar-refractivity contribution in [3.05, 3.63) is 29.2 Å². The molecule has 0 bridgehead atoms. The number of amides is 1. The number of nitrogens with two attached hydrogens (primary N) is 1. The molecule has 0 unspecified atom stereocenters. The SMILES string of the molecule is Cc1nc(Nc2nccs2)cc(C2CN(CC(N)=O)C2)n1. The zero-order valence-corrected chi connectivity index (χ0v) is 12.4. The van der Waals surface area contributed by atoms with E-state index in [1.807, 2.05) is 23.3 Å². The molecule has 0 radical (unpaired) electrons. The van der Waals surface area contributed by atoms with Crippen molar-refractivity contribution in [2.45, 2.75) is 12.8 Å². The molecule has 0 aromatic carbocycles. The molecule has 2 aromatic heterocycles. The number of primary amides is 1. The first-order valence-corrected chi connectivity index (χ1v) is 7.51. The largest absolute Gasteiger partial charge is 0.369 e. The van der Waals surface area contributed by atoms with Crippen LogP contribution in [0.15, 0.2) is 17.6 Å². The average molecular weight is 304 g/mol. The third-order valence-corrected chi connectivity index (χ3v) is 3.97. The highest BCUT2D eigenvalue weighted by atomic mass is 32.1. The van der Waals surface area contributed by atoms with Gasteiger partial charge in [0.25, 0.3) is 0 Å². The van der Waals surface area contributed by atoms with Gasteiger partial charge in [0.15, 0.2) is 5.13 Å². The predicted molar refractivity (Wildman–Crippen MR) is 80.5 cm³/mol. The molecule has 3 heterocycles. The zero-order chi connectivity index (χ0) is 14.8. The lowest BCUT2D eigenvalue weighted by Crippen LogP contribution is -2.48. The number of carbonyl (C=O) groups excluding carboxylic acids is 1. The molecule has 1 fully saturated rings. The Hall–Kier alpha value is -2.06. The Morgan fingerprint density at radius 3 is 3.00 bits per heavy atom. The van der Waals surface area contributed by atoms with Crippen molar-refractivity contribution in [2.75, 3.05) is 25.0 Å². The van der Waals surface area contributed by atoms with E-state index in [4.69, 9.17) is 5.73 Å². The number of rotatable bonds is 5. The summed E-state index contributed by atoms with van der Waals surface area (Å²) in [6.45, 7) is 3.79. The maximum atomic E-state index is 10.9. The highest BCUT2D eigenvalue weighted by molar-refractivity contribution is 7.13. The summed E-state index contributed by atoms with van der Waals surface area (Å²) in [6.07, 6.45) is 1.75. The number of aryl methyl sites for hydroxylation is 1. The number of thiazole rings is 1. The molecule has 110 valence electrons. The Labute approximate surface area is 126 Å². The molecule has 2 aromatic rings. The Morgan fingerprint density at radius 1 is 1.52 bits per heavy atom. The summed E-state index contributed by atoms with van der Waals surface area (Å²) < 4.78 is 0. The summed E-state index contributed by atoms with van der Waals surface area (Å²) in [5.41, 5.74) is 6.18. The zero-order valence-electron chi connectivity index (χ0n) is 11.6. The fraction of sp³-hybridized carbons (Fsp3) is 0.385. The number of anilines is 2. The van der Waals surface area contributed by atoms with Crippen LogP contribution in [0.3, 0.4) is 0 Å². The van der Waals surface area contributed by atoms with Crippen LogP contribution in [0.5, 0.6) is 0 Å². The molecule has 3 N–H and O–H groups in total. The van der Waals surface area contributed by atoms with E-state index in [1.165, 1.54) is 11.3 Å². The van der Waals surface area contributed by atoms with Crippen molar-refractivity contribution in [1.82, 2.24) is 19.9 Å². The maximum Gasteiger partial charge on any atom is 0.231 e. The second-order valence-corrected chi connectivity index (χ2v) is 5.94. The summed E-state index contributed by atoms with van der Waals surface area (Å²) in [4.78, 5) is 25.9. The van der Waals surface area contributed by atoms with E-state index < -0.39 is 0 Å². The minimum Gasteiger partial charge on any atom is -0.369 e. The van der Waals surface area contributed by atoms with Gasteiger partial charge in [-0.1, -0.05) is 0 Å². The van der Waals surface area contributed by atoms with Crippen molar-refractivity contribution in [1.29, 1.82) is 0 Å². The van der Waals surface area contributed by atoms with E-state index in [9.17, 15) is 4.79 Å². The molecular formula is C13H16N6OS. The van der Waals surface area contributed by atoms with Crippen molar-refractivity contribution in [3.63, 3.8) is 0 Å². The molecule has 1 saturated heterocycles. The van der Waals surface area contributed by atoms with Crippen molar-refractivity contribution >= 4 is 28.2 Å². The second-order valence-electron chi connectivity index (χ2n) is 5.04. The highest BCUT2D eigenvalue weighted by Crippen LogP contribution is 2.27. The molecule has 0 atom stereocenters. The maximum absolute atomic E-state index is 10.9. The van der Waals surface area contributed by atoms with E-state index in [1.54, 1.807) is 6.20 Å². The van der Waals surface area contributed by atoms with E-state index in [0.29, 0.717) is 12.5 Å². The average Bonchev–Trinajstić information content (AvgIpc) is 2.85. The quantitative estimate of drug-likeness (QED) is 0.850. The normalized spacial score (nSPS) is 15.7. The van der Waals surface area contributed by atoms with Gasteiger partial charge < -0.3 is 11.1 Å². The monoisotopic (exact) mass is 304 g/mol. The number of hydrogen-bond donors (Lipinski definition) is 2. The van der Waals surface area contributed by atoms with E-state index in [2.05, 4.69) is 20.3 Å². The molecular weight excluding hydrogens is 288 g/mol. The number of nitrogens with zero attached hydrogens (tertiary/aromatic N) is 4. The van der Waals surface area contributed by atoms with Gasteiger partial charge in [0.1, 0.15) is 11.6 Å². The lowest BCUT2D eigenvalue weighted by Gasteiger charge is -2.38. The van der Waals surface area contributed by atoms with Crippen LogP contribution in [0.25, 0.3) is 0 Å². The molecule has 0 aliphatic carbocycles. The molecule has 3 rings (SSSR count). The van der Waals surface area contributed by atoms with Gasteiger partial charge in [-0.3, -0.25) is 9.69 Å². The molecule has 7 nitrogen and oxygen atoms in total. The number of nitrogens with one attached hydrogen (secondary N) is 1. The van der Waals surface area contributed by atoms with Crippen LogP contribution in [0.2, 0.25) is 0 Å². The third-order valence-electron chi connectivity index (χ3n) is 3.28. The van der Waals surface area contributed by atoms with Gasteiger partial charge in [0.2, 0.25) is 5.91 Å².